The van der Waals surface area contributed by atoms with E-state index in [1.54, 1.807) is 0 Å². The summed E-state index contributed by atoms with van der Waals surface area (Å²) in [5.74, 6) is 0. The van der Waals surface area contributed by atoms with Gasteiger partial charge in [-0.3, -0.25) is 0 Å². The second-order valence-electron chi connectivity index (χ2n) is 13.0. The van der Waals surface area contributed by atoms with Crippen molar-refractivity contribution in [1.29, 1.82) is 0 Å². The Morgan fingerprint density at radius 1 is 0.481 bits per heavy atom. The minimum absolute atomic E-state index is 0.936. The highest BCUT2D eigenvalue weighted by atomic mass is 14.7. The summed E-state index contributed by atoms with van der Waals surface area (Å²) >= 11 is 0. The van der Waals surface area contributed by atoms with Crippen LogP contribution in [0.2, 0.25) is 0 Å². The molecule has 2 aromatic heterocycles. The molecule has 7 rings (SSSR count). The molecule has 52 heavy (non-hydrogen) atoms. The van der Waals surface area contributed by atoms with Gasteiger partial charge in [-0.05, 0) is 102 Å². The molecule has 7 aromatic rings. The Balaban J connectivity index is 0.00000228. The van der Waals surface area contributed by atoms with Crippen LogP contribution in [0.4, 0.5) is 0 Å². The van der Waals surface area contributed by atoms with Crippen molar-refractivity contribution in [2.24, 2.45) is 0 Å². The molecule has 5 aromatic carbocycles. The molecule has 0 spiro atoms. The Morgan fingerprint density at radius 2 is 0.885 bits per heavy atom. The van der Waals surface area contributed by atoms with Crippen molar-refractivity contribution < 1.29 is 0 Å². The summed E-state index contributed by atoms with van der Waals surface area (Å²) in [5, 5.41) is 2.24. The van der Waals surface area contributed by atoms with E-state index in [4.69, 9.17) is 9.97 Å². The Morgan fingerprint density at radius 3 is 1.31 bits per heavy atom. The zero-order valence-corrected chi connectivity index (χ0v) is 31.2. The Hall–Kier alpha value is -6.12. The van der Waals surface area contributed by atoms with Crippen LogP contribution in [-0.4, -0.2) is 9.97 Å². The summed E-state index contributed by atoms with van der Waals surface area (Å²) in [6.45, 7) is 21.2. The third-order valence-electron chi connectivity index (χ3n) is 9.68. The number of fused-ring (bicyclic) bond motifs is 2. The van der Waals surface area contributed by atoms with Crippen LogP contribution in [0.1, 0.15) is 58.4 Å². The fourth-order valence-electron chi connectivity index (χ4n) is 6.64. The van der Waals surface area contributed by atoms with Crippen molar-refractivity contribution in [3.8, 4) is 22.5 Å². The lowest BCUT2D eigenvalue weighted by Crippen LogP contribution is -1.93. The maximum absolute atomic E-state index is 5.19. The number of aromatic nitrogens is 2. The monoisotopic (exact) mass is 674 g/mol. The van der Waals surface area contributed by atoms with Gasteiger partial charge in [0.05, 0.1) is 22.4 Å². The number of aryl methyl sites for hydroxylation is 4. The topological polar surface area (TPSA) is 25.8 Å². The molecule has 0 amide bonds. The van der Waals surface area contributed by atoms with Crippen LogP contribution in [0, 0.1) is 27.7 Å². The third-order valence-corrected chi connectivity index (χ3v) is 9.68. The molecule has 0 bridgehead atoms. The van der Waals surface area contributed by atoms with Crippen LogP contribution in [0.25, 0.3) is 67.6 Å². The molecule has 0 aliphatic carbocycles. The molecule has 0 N–H and O–H groups in total. The molecule has 0 atom stereocenters. The minimum Gasteiger partial charge on any atom is -0.247 e. The number of hydrogen-bond acceptors (Lipinski definition) is 2. The molecule has 0 unspecified atom stereocenters. The zero-order chi connectivity index (χ0) is 36.8. The zero-order valence-electron chi connectivity index (χ0n) is 31.2. The van der Waals surface area contributed by atoms with Crippen molar-refractivity contribution in [3.63, 3.8) is 0 Å². The Labute approximate surface area is 309 Å². The van der Waals surface area contributed by atoms with E-state index in [2.05, 4.69) is 186 Å². The molecule has 2 heteroatoms. The fourth-order valence-corrected chi connectivity index (χ4v) is 6.64. The molecule has 0 aliphatic rings. The van der Waals surface area contributed by atoms with E-state index in [0.29, 0.717) is 0 Å². The number of pyridine rings is 2. The lowest BCUT2D eigenvalue weighted by Gasteiger charge is -2.11. The van der Waals surface area contributed by atoms with Gasteiger partial charge in [0, 0.05) is 21.9 Å². The maximum atomic E-state index is 5.19. The molecule has 2 heterocycles. The lowest BCUT2D eigenvalue weighted by atomic mass is 9.98. The van der Waals surface area contributed by atoms with E-state index >= 15 is 0 Å². The van der Waals surface area contributed by atoms with Crippen molar-refractivity contribution in [2.45, 2.75) is 41.5 Å². The summed E-state index contributed by atoms with van der Waals surface area (Å²) in [5.41, 5.74) is 17.3. The van der Waals surface area contributed by atoms with E-state index in [9.17, 15) is 0 Å². The van der Waals surface area contributed by atoms with E-state index in [0.717, 1.165) is 88.8 Å². The number of hydrogen-bond donors (Lipinski definition) is 0. The first-order valence-corrected chi connectivity index (χ1v) is 18.0. The Kier molecular flexibility index (Phi) is 10.9. The average molecular weight is 675 g/mol. The van der Waals surface area contributed by atoms with Crippen molar-refractivity contribution in [1.82, 2.24) is 9.97 Å². The SMILES string of the molecule is C=C(/C=C\c1ccc2ccc(-c3cccc(-c4ccc5ccc(/C=C\C(=C)c6ccccc6C)c(C)c5n4)c3)nc2c1C)c1ccccc1C.CC. The van der Waals surface area contributed by atoms with Gasteiger partial charge in [-0.2, -0.15) is 0 Å². The average Bonchev–Trinajstić information content (AvgIpc) is 3.18. The molecule has 0 radical (unpaired) electrons. The summed E-state index contributed by atoms with van der Waals surface area (Å²) in [7, 11) is 0. The van der Waals surface area contributed by atoms with E-state index in [-0.39, 0.29) is 0 Å². The fraction of sp³-hybridized carbons (Fsp3) is 0.120. The van der Waals surface area contributed by atoms with Gasteiger partial charge >= 0.3 is 0 Å². The van der Waals surface area contributed by atoms with Crippen LogP contribution >= 0.6 is 0 Å². The second-order valence-corrected chi connectivity index (χ2v) is 13.0. The quantitative estimate of drug-likeness (QED) is 0.150. The molecular weight excluding hydrogens is 629 g/mol. The molecule has 2 nitrogen and oxygen atoms in total. The Bertz CT molecular complexity index is 2340. The van der Waals surface area contributed by atoms with E-state index in [1.807, 2.05) is 13.8 Å². The molecule has 256 valence electrons. The number of allylic oxidation sites excluding steroid dienone is 4. The summed E-state index contributed by atoms with van der Waals surface area (Å²) < 4.78 is 0. The van der Waals surface area contributed by atoms with Crippen molar-refractivity contribution in [2.75, 3.05) is 0 Å². The largest absolute Gasteiger partial charge is 0.247 e. The van der Waals surface area contributed by atoms with Gasteiger partial charge in [0.25, 0.3) is 0 Å². The highest BCUT2D eigenvalue weighted by molar-refractivity contribution is 5.91. The number of benzene rings is 5. The first kappa shape index (κ1) is 35.7. The molecule has 0 fully saturated rings. The van der Waals surface area contributed by atoms with Crippen molar-refractivity contribution in [3.05, 3.63) is 191 Å². The van der Waals surface area contributed by atoms with Crippen LogP contribution in [-0.2, 0) is 0 Å². The van der Waals surface area contributed by atoms with Crippen LogP contribution < -0.4 is 0 Å². The highest BCUT2D eigenvalue weighted by Gasteiger charge is 2.11. The van der Waals surface area contributed by atoms with Crippen LogP contribution in [0.15, 0.2) is 147 Å². The van der Waals surface area contributed by atoms with Gasteiger partial charge in [-0.25, -0.2) is 9.97 Å². The molecular formula is C50H46N2. The van der Waals surface area contributed by atoms with E-state index in [1.165, 1.54) is 11.1 Å². The predicted molar refractivity (Wildman–Crippen MR) is 227 cm³/mol. The lowest BCUT2D eigenvalue weighted by molar-refractivity contribution is 1.34. The summed E-state index contributed by atoms with van der Waals surface area (Å²) in [6, 6.07) is 42.4. The van der Waals surface area contributed by atoms with Gasteiger partial charge in [0.2, 0.25) is 0 Å². The smallest absolute Gasteiger partial charge is 0.0744 e. The van der Waals surface area contributed by atoms with Crippen LogP contribution in [0.3, 0.4) is 0 Å². The van der Waals surface area contributed by atoms with Gasteiger partial charge in [-0.1, -0.05) is 154 Å². The highest BCUT2D eigenvalue weighted by Crippen LogP contribution is 2.31. The minimum atomic E-state index is 0.936. The molecule has 0 saturated heterocycles. The van der Waals surface area contributed by atoms with Gasteiger partial charge in [0.15, 0.2) is 0 Å². The molecule has 0 aliphatic heterocycles. The number of rotatable bonds is 8. The summed E-state index contributed by atoms with van der Waals surface area (Å²) in [6.07, 6.45) is 8.49. The van der Waals surface area contributed by atoms with Crippen molar-refractivity contribution >= 4 is 45.1 Å². The molecule has 0 saturated carbocycles. The van der Waals surface area contributed by atoms with Gasteiger partial charge in [-0.15, -0.1) is 0 Å². The normalized spacial score (nSPS) is 11.3. The second kappa shape index (κ2) is 15.8. The first-order chi connectivity index (χ1) is 25.3. The number of nitrogens with zero attached hydrogens (tertiary/aromatic N) is 2. The van der Waals surface area contributed by atoms with Gasteiger partial charge in [0.1, 0.15) is 0 Å². The first-order valence-electron chi connectivity index (χ1n) is 18.0. The van der Waals surface area contributed by atoms with Crippen LogP contribution in [0.5, 0.6) is 0 Å². The predicted octanol–water partition coefficient (Wildman–Crippen LogP) is 13.8. The third kappa shape index (κ3) is 7.48. The standard InChI is InChI=1S/C48H40N2.C2H6/c1-31-12-7-9-16-43(31)33(3)18-20-37-22-24-39-26-28-45(49-47(39)35(37)5)41-14-11-15-42(30-41)46-29-27-40-25-23-38(36(6)48(40)50-46)21-19-34(4)44-17-10-8-13-32(44)2;1-2/h7-30H,3-4H2,1-2,5-6H3;1-2H3/b20-18-,21-19-;. The maximum Gasteiger partial charge on any atom is 0.0744 e. The summed E-state index contributed by atoms with van der Waals surface area (Å²) in [4.78, 5) is 10.4. The van der Waals surface area contributed by atoms with Gasteiger partial charge < -0.3 is 0 Å². The van der Waals surface area contributed by atoms with E-state index < -0.39 is 0 Å².